The van der Waals surface area contributed by atoms with Crippen LogP contribution in [0.3, 0.4) is 0 Å². The van der Waals surface area contributed by atoms with Crippen molar-refractivity contribution in [3.63, 3.8) is 0 Å². The molecular weight excluding hydrogens is 346 g/mol. The Balaban J connectivity index is 0.000000595. The SMILES string of the molecule is C1CCOC1.O=S(=O)(OS(=O)(=O)C(F)(F)F)C(F)(F)F. The molecule has 1 fully saturated rings. The summed E-state index contributed by atoms with van der Waals surface area (Å²) in [7, 11) is -13.7. The van der Waals surface area contributed by atoms with Crippen molar-refractivity contribution in [2.75, 3.05) is 13.2 Å². The molecule has 1 heterocycles. The largest absolute Gasteiger partial charge is 0.524 e. The van der Waals surface area contributed by atoms with Crippen molar-refractivity contribution < 1.29 is 51.5 Å². The van der Waals surface area contributed by atoms with Crippen LogP contribution in [0.5, 0.6) is 0 Å². The van der Waals surface area contributed by atoms with Gasteiger partial charge in [0.25, 0.3) is 0 Å². The summed E-state index contributed by atoms with van der Waals surface area (Å²) in [5.74, 6) is 0. The molecule has 1 rings (SSSR count). The summed E-state index contributed by atoms with van der Waals surface area (Å²) in [4.78, 5) is 0. The molecule has 0 saturated carbocycles. The normalized spacial score (nSPS) is 17.5. The smallest absolute Gasteiger partial charge is 0.381 e. The maximum atomic E-state index is 11.4. The molecule has 0 aromatic carbocycles. The minimum Gasteiger partial charge on any atom is -0.381 e. The number of alkyl halides is 6. The Morgan fingerprint density at radius 1 is 0.750 bits per heavy atom. The van der Waals surface area contributed by atoms with Crippen molar-refractivity contribution in [3.8, 4) is 0 Å². The molecule has 20 heavy (non-hydrogen) atoms. The first kappa shape index (κ1) is 19.4. The number of ether oxygens (including phenoxy) is 1. The van der Waals surface area contributed by atoms with Crippen LogP contribution >= 0.6 is 0 Å². The van der Waals surface area contributed by atoms with Gasteiger partial charge in [0.05, 0.1) is 0 Å². The third kappa shape index (κ3) is 5.80. The van der Waals surface area contributed by atoms with Gasteiger partial charge < -0.3 is 4.74 Å². The van der Waals surface area contributed by atoms with Crippen molar-refractivity contribution in [1.29, 1.82) is 0 Å². The van der Waals surface area contributed by atoms with E-state index in [1.54, 1.807) is 0 Å². The Morgan fingerprint density at radius 3 is 1.20 bits per heavy atom. The lowest BCUT2D eigenvalue weighted by molar-refractivity contribution is -0.0585. The predicted octanol–water partition coefficient (Wildman–Crippen LogP) is 1.50. The van der Waals surface area contributed by atoms with Gasteiger partial charge in [-0.1, -0.05) is 0 Å². The highest BCUT2D eigenvalue weighted by molar-refractivity contribution is 8.00. The van der Waals surface area contributed by atoms with E-state index in [0.717, 1.165) is 13.2 Å². The van der Waals surface area contributed by atoms with Gasteiger partial charge in [0.1, 0.15) is 0 Å². The third-order valence-electron chi connectivity index (χ3n) is 1.57. The van der Waals surface area contributed by atoms with E-state index in [1.807, 2.05) is 3.63 Å². The van der Waals surface area contributed by atoms with E-state index in [1.165, 1.54) is 12.8 Å². The Morgan fingerprint density at radius 2 is 1.05 bits per heavy atom. The highest BCUT2D eigenvalue weighted by Crippen LogP contribution is 2.32. The van der Waals surface area contributed by atoms with Crippen molar-refractivity contribution in [1.82, 2.24) is 0 Å². The van der Waals surface area contributed by atoms with Crippen LogP contribution in [0.1, 0.15) is 12.8 Å². The minimum atomic E-state index is -6.85. The van der Waals surface area contributed by atoms with Crippen molar-refractivity contribution in [2.45, 2.75) is 23.9 Å². The summed E-state index contributed by atoms with van der Waals surface area (Å²) < 4.78 is 115. The number of halogens is 6. The lowest BCUT2D eigenvalue weighted by Gasteiger charge is -2.09. The van der Waals surface area contributed by atoms with Gasteiger partial charge in [-0.3, -0.25) is 0 Å². The van der Waals surface area contributed by atoms with Gasteiger partial charge in [-0.25, -0.2) is 0 Å². The molecular formula is C6H8F6O6S2. The molecule has 0 aromatic heterocycles. The molecule has 1 saturated heterocycles. The van der Waals surface area contributed by atoms with Crippen molar-refractivity contribution in [2.24, 2.45) is 0 Å². The van der Waals surface area contributed by atoms with E-state index in [9.17, 15) is 43.2 Å². The average Bonchev–Trinajstić information content (AvgIpc) is 2.68. The van der Waals surface area contributed by atoms with Gasteiger partial charge in [-0.05, 0) is 12.8 Å². The van der Waals surface area contributed by atoms with Crippen molar-refractivity contribution >= 4 is 20.2 Å². The molecule has 0 aromatic rings. The highest BCUT2D eigenvalue weighted by atomic mass is 32.3. The average molecular weight is 354 g/mol. The second kappa shape index (κ2) is 6.44. The number of hydrogen-bond donors (Lipinski definition) is 0. The maximum absolute atomic E-state index is 11.4. The van der Waals surface area contributed by atoms with Crippen LogP contribution in [-0.4, -0.2) is 41.1 Å². The Labute approximate surface area is 109 Å². The lowest BCUT2D eigenvalue weighted by Crippen LogP contribution is -2.34. The first-order chi connectivity index (χ1) is 8.71. The van der Waals surface area contributed by atoms with Crippen LogP contribution in [0, 0.1) is 0 Å². The first-order valence-corrected chi connectivity index (χ1v) is 7.44. The van der Waals surface area contributed by atoms with Gasteiger partial charge >= 0.3 is 31.3 Å². The molecule has 0 amide bonds. The van der Waals surface area contributed by atoms with Crippen LogP contribution in [0.4, 0.5) is 26.3 Å². The summed E-state index contributed by atoms with van der Waals surface area (Å²) in [5, 5.41) is 0. The van der Waals surface area contributed by atoms with Crippen molar-refractivity contribution in [3.05, 3.63) is 0 Å². The first-order valence-electron chi connectivity index (χ1n) is 4.62. The molecule has 122 valence electrons. The zero-order valence-corrected chi connectivity index (χ0v) is 11.0. The standard InChI is InChI=1S/C4H8O.C2F6O5S2/c1-2-4-5-3-1;3-1(4,5)14(9,10)13-15(11,12)2(6,7)8/h1-4H2;. The summed E-state index contributed by atoms with van der Waals surface area (Å²) in [6.07, 6.45) is 2.56. The Kier molecular flexibility index (Phi) is 6.25. The molecule has 1 aliphatic rings. The van der Waals surface area contributed by atoms with E-state index in [2.05, 4.69) is 0 Å². The van der Waals surface area contributed by atoms with Crippen LogP contribution in [0.25, 0.3) is 0 Å². The molecule has 0 radical (unpaired) electrons. The zero-order valence-electron chi connectivity index (χ0n) is 9.36. The number of rotatable bonds is 2. The van der Waals surface area contributed by atoms with E-state index >= 15 is 0 Å². The van der Waals surface area contributed by atoms with E-state index in [0.29, 0.717) is 0 Å². The molecule has 0 atom stereocenters. The molecule has 1 aliphatic heterocycles. The van der Waals surface area contributed by atoms with E-state index in [-0.39, 0.29) is 0 Å². The summed E-state index contributed by atoms with van der Waals surface area (Å²) >= 11 is 0. The molecule has 0 unspecified atom stereocenters. The summed E-state index contributed by atoms with van der Waals surface area (Å²) in [6.45, 7) is 2.00. The minimum absolute atomic E-state index is 1.00. The fourth-order valence-corrected chi connectivity index (χ4v) is 2.27. The van der Waals surface area contributed by atoms with Gasteiger partial charge in [0.15, 0.2) is 0 Å². The topological polar surface area (TPSA) is 86.7 Å². The fraction of sp³-hybridized carbons (Fsp3) is 1.00. The summed E-state index contributed by atoms with van der Waals surface area (Å²) in [6, 6.07) is 0. The summed E-state index contributed by atoms with van der Waals surface area (Å²) in [5.41, 5.74) is -12.5. The van der Waals surface area contributed by atoms with Crippen LogP contribution in [0.15, 0.2) is 0 Å². The van der Waals surface area contributed by atoms with Gasteiger partial charge in [-0.2, -0.15) is 43.2 Å². The maximum Gasteiger partial charge on any atom is 0.524 e. The zero-order chi connectivity index (χ0) is 16.2. The van der Waals surface area contributed by atoms with Gasteiger partial charge in [0.2, 0.25) is 0 Å². The fourth-order valence-electron chi connectivity index (χ4n) is 0.705. The quantitative estimate of drug-likeness (QED) is 0.552. The van der Waals surface area contributed by atoms with Crippen LogP contribution < -0.4 is 0 Å². The second-order valence-electron chi connectivity index (χ2n) is 3.19. The third-order valence-corrected chi connectivity index (χ3v) is 4.14. The predicted molar refractivity (Wildman–Crippen MR) is 51.1 cm³/mol. The molecule has 0 aliphatic carbocycles. The van der Waals surface area contributed by atoms with Crippen LogP contribution in [0.2, 0.25) is 0 Å². The lowest BCUT2D eigenvalue weighted by atomic mass is 10.4. The van der Waals surface area contributed by atoms with E-state index in [4.69, 9.17) is 4.74 Å². The van der Waals surface area contributed by atoms with Gasteiger partial charge in [0, 0.05) is 13.2 Å². The molecule has 0 N–H and O–H groups in total. The van der Waals surface area contributed by atoms with E-state index < -0.39 is 31.3 Å². The van der Waals surface area contributed by atoms with Crippen LogP contribution in [-0.2, 0) is 28.6 Å². The van der Waals surface area contributed by atoms with Gasteiger partial charge in [-0.15, -0.1) is 3.63 Å². The highest BCUT2D eigenvalue weighted by Gasteiger charge is 2.57. The number of hydrogen-bond acceptors (Lipinski definition) is 6. The second-order valence-corrected chi connectivity index (χ2v) is 6.47. The molecule has 0 spiro atoms. The molecule has 6 nitrogen and oxygen atoms in total. The Bertz CT molecular complexity index is 449. The molecule has 14 heteroatoms. The monoisotopic (exact) mass is 354 g/mol. The Hall–Kier alpha value is -0.600. The molecule has 0 bridgehead atoms.